The van der Waals surface area contributed by atoms with E-state index < -0.39 is 5.60 Å². The van der Waals surface area contributed by atoms with Crippen molar-refractivity contribution in [2.45, 2.75) is 63.8 Å². The van der Waals surface area contributed by atoms with Crippen molar-refractivity contribution in [3.05, 3.63) is 35.9 Å². The molecule has 1 N–H and O–H groups in total. The molecule has 4 heteroatoms. The smallest absolute Gasteiger partial charge is 0.410 e. The molecule has 0 spiro atoms. The average Bonchev–Trinajstić information content (AvgIpc) is 2.78. The summed E-state index contributed by atoms with van der Waals surface area (Å²) in [5.74, 6) is 0.220. The van der Waals surface area contributed by atoms with Crippen LogP contribution in [-0.2, 0) is 11.3 Å². The van der Waals surface area contributed by atoms with Crippen LogP contribution in [0, 0.1) is 5.92 Å². The van der Waals surface area contributed by atoms with Crippen molar-refractivity contribution in [1.82, 2.24) is 4.90 Å². The van der Waals surface area contributed by atoms with Gasteiger partial charge in [-0.2, -0.15) is 0 Å². The molecule has 2 bridgehead atoms. The zero-order valence-corrected chi connectivity index (χ0v) is 13.4. The molecule has 2 fully saturated rings. The normalized spacial score (nSPS) is 30.6. The number of hydrogen-bond acceptors (Lipinski definition) is 3. The van der Waals surface area contributed by atoms with Gasteiger partial charge in [0.2, 0.25) is 0 Å². The summed E-state index contributed by atoms with van der Waals surface area (Å²) in [5, 5.41) is 10.8. The van der Waals surface area contributed by atoms with E-state index in [4.69, 9.17) is 4.74 Å². The van der Waals surface area contributed by atoms with Crippen LogP contribution in [-0.4, -0.2) is 33.8 Å². The first-order valence-electron chi connectivity index (χ1n) is 8.21. The molecule has 2 heterocycles. The lowest BCUT2D eigenvalue weighted by Gasteiger charge is -2.45. The first-order chi connectivity index (χ1) is 10.5. The third-order valence-electron chi connectivity index (χ3n) is 5.29. The molecule has 2 saturated heterocycles. The number of carbonyl (C=O) groups is 1. The minimum Gasteiger partial charge on any atom is -0.445 e. The van der Waals surface area contributed by atoms with Crippen molar-refractivity contribution in [3.63, 3.8) is 0 Å². The van der Waals surface area contributed by atoms with Gasteiger partial charge in [-0.1, -0.05) is 44.2 Å². The summed E-state index contributed by atoms with van der Waals surface area (Å²) in [4.78, 5) is 14.3. The third-order valence-corrected chi connectivity index (χ3v) is 5.29. The molecule has 0 aromatic heterocycles. The molecule has 22 heavy (non-hydrogen) atoms. The van der Waals surface area contributed by atoms with Crippen LogP contribution in [0.3, 0.4) is 0 Å². The predicted octanol–water partition coefficient (Wildman–Crippen LogP) is 3.34. The summed E-state index contributed by atoms with van der Waals surface area (Å²) in [6.07, 6.45) is 3.05. The van der Waals surface area contributed by atoms with E-state index in [-0.39, 0.29) is 24.1 Å². The Labute approximate surface area is 132 Å². The van der Waals surface area contributed by atoms with Crippen molar-refractivity contribution < 1.29 is 14.6 Å². The Morgan fingerprint density at radius 3 is 2.41 bits per heavy atom. The minimum atomic E-state index is -0.637. The zero-order chi connectivity index (χ0) is 15.7. The Bertz CT molecular complexity index is 514. The van der Waals surface area contributed by atoms with Crippen molar-refractivity contribution in [2.75, 3.05) is 0 Å². The summed E-state index contributed by atoms with van der Waals surface area (Å²) >= 11 is 0. The Morgan fingerprint density at radius 2 is 1.86 bits per heavy atom. The van der Waals surface area contributed by atoms with Gasteiger partial charge in [-0.25, -0.2) is 4.79 Å². The van der Waals surface area contributed by atoms with E-state index in [1.165, 1.54) is 0 Å². The van der Waals surface area contributed by atoms with Crippen LogP contribution in [0.4, 0.5) is 4.79 Å². The average molecular weight is 303 g/mol. The van der Waals surface area contributed by atoms with Crippen molar-refractivity contribution in [3.8, 4) is 0 Å². The molecule has 2 aliphatic rings. The standard InChI is InChI=1S/C18H25NO3/c1-13(2)18(21)10-15-8-9-16(11-18)19(15)17(20)22-12-14-6-4-3-5-7-14/h3-7,13,15-16,21H,8-12H2,1-2H3/t15-,16+,18+. The van der Waals surface area contributed by atoms with Gasteiger partial charge in [-0.15, -0.1) is 0 Å². The highest BCUT2D eigenvalue weighted by atomic mass is 16.6. The largest absolute Gasteiger partial charge is 0.445 e. The van der Waals surface area contributed by atoms with E-state index in [0.29, 0.717) is 19.4 Å². The molecule has 1 aromatic rings. The van der Waals surface area contributed by atoms with E-state index in [9.17, 15) is 9.90 Å². The predicted molar refractivity (Wildman–Crippen MR) is 84.3 cm³/mol. The third kappa shape index (κ3) is 2.84. The second-order valence-corrected chi connectivity index (χ2v) is 7.00. The fourth-order valence-corrected chi connectivity index (χ4v) is 3.82. The summed E-state index contributed by atoms with van der Waals surface area (Å²) in [6, 6.07) is 9.98. The highest BCUT2D eigenvalue weighted by Crippen LogP contribution is 2.44. The first-order valence-corrected chi connectivity index (χ1v) is 8.21. The molecule has 4 nitrogen and oxygen atoms in total. The molecule has 0 aliphatic carbocycles. The maximum absolute atomic E-state index is 12.4. The van der Waals surface area contributed by atoms with Crippen molar-refractivity contribution in [2.24, 2.45) is 5.92 Å². The molecule has 1 aromatic carbocycles. The molecule has 120 valence electrons. The van der Waals surface area contributed by atoms with E-state index in [2.05, 4.69) is 13.8 Å². The number of hydrogen-bond donors (Lipinski definition) is 1. The van der Waals surface area contributed by atoms with Gasteiger partial charge in [0.1, 0.15) is 6.61 Å². The summed E-state index contributed by atoms with van der Waals surface area (Å²) < 4.78 is 5.48. The lowest BCUT2D eigenvalue weighted by Crippen LogP contribution is -2.55. The first kappa shape index (κ1) is 15.3. The van der Waals surface area contributed by atoms with Gasteiger partial charge in [0.25, 0.3) is 0 Å². The Balaban J connectivity index is 1.63. The van der Waals surface area contributed by atoms with E-state index in [0.717, 1.165) is 18.4 Å². The van der Waals surface area contributed by atoms with E-state index in [1.807, 2.05) is 35.2 Å². The van der Waals surface area contributed by atoms with Crippen LogP contribution in [0.5, 0.6) is 0 Å². The van der Waals surface area contributed by atoms with Gasteiger partial charge >= 0.3 is 6.09 Å². The molecule has 3 rings (SSSR count). The van der Waals surface area contributed by atoms with Gasteiger partial charge in [0, 0.05) is 12.1 Å². The number of fused-ring (bicyclic) bond motifs is 2. The summed E-state index contributed by atoms with van der Waals surface area (Å²) in [6.45, 7) is 4.43. The lowest BCUT2D eigenvalue weighted by atomic mass is 9.78. The van der Waals surface area contributed by atoms with Crippen molar-refractivity contribution in [1.29, 1.82) is 0 Å². The molecule has 0 saturated carbocycles. The van der Waals surface area contributed by atoms with E-state index in [1.54, 1.807) is 0 Å². The molecule has 2 aliphatic heterocycles. The number of rotatable bonds is 3. The van der Waals surface area contributed by atoms with Crippen LogP contribution in [0.1, 0.15) is 45.1 Å². The molecule has 0 radical (unpaired) electrons. The number of benzene rings is 1. The molecule has 1 amide bonds. The van der Waals surface area contributed by atoms with E-state index >= 15 is 0 Å². The maximum atomic E-state index is 12.4. The Morgan fingerprint density at radius 1 is 1.27 bits per heavy atom. The topological polar surface area (TPSA) is 49.8 Å². The fourth-order valence-electron chi connectivity index (χ4n) is 3.82. The van der Waals surface area contributed by atoms with Crippen LogP contribution in [0.2, 0.25) is 0 Å². The number of carbonyl (C=O) groups excluding carboxylic acids is 1. The van der Waals surface area contributed by atoms with Gasteiger partial charge < -0.3 is 14.7 Å². The molecular formula is C18H25NO3. The molecular weight excluding hydrogens is 278 g/mol. The Kier molecular flexibility index (Phi) is 4.13. The molecule has 3 atom stereocenters. The zero-order valence-electron chi connectivity index (χ0n) is 13.4. The van der Waals surface area contributed by atoms with Crippen molar-refractivity contribution >= 4 is 6.09 Å². The number of aliphatic hydroxyl groups is 1. The van der Waals surface area contributed by atoms with Crippen LogP contribution >= 0.6 is 0 Å². The highest BCUT2D eigenvalue weighted by molar-refractivity contribution is 5.69. The van der Waals surface area contributed by atoms with Gasteiger partial charge in [0.15, 0.2) is 0 Å². The number of amides is 1. The second kappa shape index (κ2) is 5.92. The van der Waals surface area contributed by atoms with Gasteiger partial charge in [0.05, 0.1) is 5.60 Å². The van der Waals surface area contributed by atoms with Crippen LogP contribution < -0.4 is 0 Å². The minimum absolute atomic E-state index is 0.120. The van der Waals surface area contributed by atoms with Gasteiger partial charge in [-0.3, -0.25) is 0 Å². The van der Waals surface area contributed by atoms with Gasteiger partial charge in [-0.05, 0) is 37.2 Å². The maximum Gasteiger partial charge on any atom is 0.410 e. The summed E-state index contributed by atoms with van der Waals surface area (Å²) in [5.41, 5.74) is 0.362. The number of ether oxygens (including phenoxy) is 1. The monoisotopic (exact) mass is 303 g/mol. The second-order valence-electron chi connectivity index (χ2n) is 7.00. The SMILES string of the molecule is CC(C)[C@]1(O)C[C@H]2CC[C@@H](C1)N2C(=O)OCc1ccccc1. The van der Waals surface area contributed by atoms with Crippen LogP contribution in [0.15, 0.2) is 30.3 Å². The fraction of sp³-hybridized carbons (Fsp3) is 0.611. The number of piperidine rings is 1. The molecule has 0 unspecified atom stereocenters. The summed E-state index contributed by atoms with van der Waals surface area (Å²) in [7, 11) is 0. The number of nitrogens with zero attached hydrogens (tertiary/aromatic N) is 1. The Hall–Kier alpha value is -1.55. The quantitative estimate of drug-likeness (QED) is 0.931. The lowest BCUT2D eigenvalue weighted by molar-refractivity contribution is -0.0782. The highest BCUT2D eigenvalue weighted by Gasteiger charge is 2.50. The van der Waals surface area contributed by atoms with Crippen LogP contribution in [0.25, 0.3) is 0 Å².